The van der Waals surface area contributed by atoms with Crippen LogP contribution in [0.5, 0.6) is 5.06 Å². The second-order valence-electron chi connectivity index (χ2n) is 6.53. The van der Waals surface area contributed by atoms with Gasteiger partial charge < -0.3 is 14.7 Å². The number of piperazine rings is 1. The average molecular weight is 401 g/mol. The molecule has 5 nitrogen and oxygen atoms in total. The van der Waals surface area contributed by atoms with Crippen LogP contribution in [-0.4, -0.2) is 60.4 Å². The van der Waals surface area contributed by atoms with Gasteiger partial charge >= 0.3 is 6.18 Å². The quantitative estimate of drug-likeness (QED) is 0.806. The molecule has 1 N–H and O–H groups in total. The molecule has 1 aliphatic rings. The summed E-state index contributed by atoms with van der Waals surface area (Å²) < 4.78 is 44.2. The Morgan fingerprint density at radius 2 is 2.00 bits per heavy atom. The predicted molar refractivity (Wildman–Crippen MR) is 98.4 cm³/mol. The monoisotopic (exact) mass is 401 g/mol. The van der Waals surface area contributed by atoms with E-state index < -0.39 is 17.8 Å². The Hall–Kier alpha value is -1.84. The Kier molecular flexibility index (Phi) is 6.23. The SMILES string of the molecule is Cc1ncsc1OCC(O)CN1CCN(c2cccc(C(F)(F)F)c2)CC1. The van der Waals surface area contributed by atoms with Crippen molar-refractivity contribution in [1.82, 2.24) is 9.88 Å². The van der Waals surface area contributed by atoms with Crippen LogP contribution in [0.1, 0.15) is 11.3 Å². The predicted octanol–water partition coefficient (Wildman–Crippen LogP) is 3.03. The Balaban J connectivity index is 1.47. The number of hydrogen-bond donors (Lipinski definition) is 1. The summed E-state index contributed by atoms with van der Waals surface area (Å²) in [7, 11) is 0. The van der Waals surface area contributed by atoms with Gasteiger partial charge in [-0.25, -0.2) is 4.98 Å². The third-order valence-electron chi connectivity index (χ3n) is 4.49. The van der Waals surface area contributed by atoms with E-state index in [4.69, 9.17) is 4.74 Å². The summed E-state index contributed by atoms with van der Waals surface area (Å²) in [5.74, 6) is 0. The molecule has 1 unspecified atom stereocenters. The lowest BCUT2D eigenvalue weighted by atomic mass is 10.1. The maximum absolute atomic E-state index is 12.9. The largest absolute Gasteiger partial charge is 0.480 e. The van der Waals surface area contributed by atoms with Gasteiger partial charge in [-0.2, -0.15) is 13.2 Å². The topological polar surface area (TPSA) is 48.8 Å². The van der Waals surface area contributed by atoms with Gasteiger partial charge in [0.05, 0.1) is 16.8 Å². The van der Waals surface area contributed by atoms with Crippen LogP contribution >= 0.6 is 11.3 Å². The summed E-state index contributed by atoms with van der Waals surface area (Å²) >= 11 is 1.39. The molecule has 0 radical (unpaired) electrons. The molecule has 2 aromatic rings. The highest BCUT2D eigenvalue weighted by Gasteiger charge is 2.31. The fourth-order valence-corrected chi connectivity index (χ4v) is 3.69. The number of nitrogens with zero attached hydrogens (tertiary/aromatic N) is 3. The maximum Gasteiger partial charge on any atom is 0.416 e. The van der Waals surface area contributed by atoms with E-state index in [1.165, 1.54) is 23.5 Å². The van der Waals surface area contributed by atoms with Gasteiger partial charge in [0.1, 0.15) is 12.7 Å². The summed E-state index contributed by atoms with van der Waals surface area (Å²) in [6.07, 6.45) is -4.97. The minimum absolute atomic E-state index is 0.191. The summed E-state index contributed by atoms with van der Waals surface area (Å²) in [5, 5.41) is 10.9. The molecule has 0 saturated carbocycles. The number of thiazole rings is 1. The van der Waals surface area contributed by atoms with E-state index in [9.17, 15) is 18.3 Å². The number of rotatable bonds is 6. The third kappa shape index (κ3) is 5.33. The molecule has 1 aromatic carbocycles. The van der Waals surface area contributed by atoms with Crippen molar-refractivity contribution in [3.63, 3.8) is 0 Å². The summed E-state index contributed by atoms with van der Waals surface area (Å²) in [6.45, 7) is 5.09. The Labute approximate surface area is 160 Å². The van der Waals surface area contributed by atoms with E-state index >= 15 is 0 Å². The second kappa shape index (κ2) is 8.45. The van der Waals surface area contributed by atoms with Gasteiger partial charge in [-0.05, 0) is 25.1 Å². The Bertz CT molecular complexity index is 745. The fraction of sp³-hybridized carbons (Fsp3) is 0.500. The first-order valence-corrected chi connectivity index (χ1v) is 9.56. The number of anilines is 1. The van der Waals surface area contributed by atoms with Crippen LogP contribution in [0.15, 0.2) is 29.8 Å². The normalized spacial score (nSPS) is 17.1. The number of aryl methyl sites for hydroxylation is 1. The minimum Gasteiger partial charge on any atom is -0.480 e. The number of β-amino-alcohol motifs (C(OH)–C–C–N with tert-alkyl or cyclic N) is 1. The highest BCUT2D eigenvalue weighted by atomic mass is 32.1. The van der Waals surface area contributed by atoms with Gasteiger partial charge in [0, 0.05) is 38.4 Å². The number of benzene rings is 1. The minimum atomic E-state index is -4.33. The molecule has 148 valence electrons. The van der Waals surface area contributed by atoms with Crippen molar-refractivity contribution in [2.75, 3.05) is 44.2 Å². The molecule has 1 saturated heterocycles. The fourth-order valence-electron chi connectivity index (χ4n) is 3.02. The van der Waals surface area contributed by atoms with Crippen molar-refractivity contribution in [3.8, 4) is 5.06 Å². The molecule has 3 rings (SSSR count). The standard InChI is InChI=1S/C18H22F3N3O2S/c1-13-17(27-12-22-13)26-11-16(25)10-23-5-7-24(8-6-23)15-4-2-3-14(9-15)18(19,20)21/h2-4,9,12,16,25H,5-8,10-11H2,1H3. The molecular weight excluding hydrogens is 379 g/mol. The van der Waals surface area contributed by atoms with Crippen LogP contribution in [0, 0.1) is 6.92 Å². The summed E-state index contributed by atoms with van der Waals surface area (Å²) in [4.78, 5) is 8.13. The molecule has 2 heterocycles. The lowest BCUT2D eigenvalue weighted by Gasteiger charge is -2.37. The summed E-state index contributed by atoms with van der Waals surface area (Å²) in [6, 6.07) is 5.41. The number of aliphatic hydroxyl groups excluding tert-OH is 1. The first-order valence-electron chi connectivity index (χ1n) is 8.68. The van der Waals surface area contributed by atoms with Crippen molar-refractivity contribution in [3.05, 3.63) is 41.0 Å². The molecule has 0 amide bonds. The van der Waals surface area contributed by atoms with Crippen molar-refractivity contribution in [2.24, 2.45) is 0 Å². The van der Waals surface area contributed by atoms with Crippen molar-refractivity contribution in [1.29, 1.82) is 0 Å². The van der Waals surface area contributed by atoms with Crippen molar-refractivity contribution in [2.45, 2.75) is 19.2 Å². The van der Waals surface area contributed by atoms with Gasteiger partial charge in [-0.15, -0.1) is 0 Å². The Morgan fingerprint density at radius 3 is 2.63 bits per heavy atom. The van der Waals surface area contributed by atoms with E-state index in [1.54, 1.807) is 11.6 Å². The van der Waals surface area contributed by atoms with Gasteiger partial charge in [-0.3, -0.25) is 4.90 Å². The summed E-state index contributed by atoms with van der Waals surface area (Å²) in [5.41, 5.74) is 2.45. The van der Waals surface area contributed by atoms with Crippen LogP contribution in [0.25, 0.3) is 0 Å². The molecule has 1 aliphatic heterocycles. The van der Waals surface area contributed by atoms with E-state index in [1.807, 2.05) is 11.8 Å². The third-order valence-corrected chi connectivity index (χ3v) is 5.33. The number of ether oxygens (including phenoxy) is 1. The van der Waals surface area contributed by atoms with Gasteiger partial charge in [0.15, 0.2) is 5.06 Å². The number of hydrogen-bond acceptors (Lipinski definition) is 6. The molecule has 0 bridgehead atoms. The smallest absolute Gasteiger partial charge is 0.416 e. The molecule has 9 heteroatoms. The lowest BCUT2D eigenvalue weighted by Crippen LogP contribution is -2.49. The van der Waals surface area contributed by atoms with Crippen LogP contribution in [0.4, 0.5) is 18.9 Å². The van der Waals surface area contributed by atoms with Crippen LogP contribution in [0.2, 0.25) is 0 Å². The van der Waals surface area contributed by atoms with E-state index in [0.717, 1.165) is 11.8 Å². The molecule has 27 heavy (non-hydrogen) atoms. The first kappa shape index (κ1) is 19.9. The van der Waals surface area contributed by atoms with Crippen molar-refractivity contribution < 1.29 is 23.0 Å². The zero-order valence-electron chi connectivity index (χ0n) is 14.9. The van der Waals surface area contributed by atoms with Gasteiger partial charge in [-0.1, -0.05) is 17.4 Å². The number of halogens is 3. The molecule has 1 fully saturated rings. The lowest BCUT2D eigenvalue weighted by molar-refractivity contribution is -0.137. The molecule has 1 atom stereocenters. The highest BCUT2D eigenvalue weighted by Crippen LogP contribution is 2.31. The number of alkyl halides is 3. The van der Waals surface area contributed by atoms with Crippen LogP contribution in [0.3, 0.4) is 0 Å². The Morgan fingerprint density at radius 1 is 1.26 bits per heavy atom. The van der Waals surface area contributed by atoms with E-state index in [-0.39, 0.29) is 6.61 Å². The van der Waals surface area contributed by atoms with E-state index in [0.29, 0.717) is 43.5 Å². The van der Waals surface area contributed by atoms with Crippen molar-refractivity contribution >= 4 is 17.0 Å². The highest BCUT2D eigenvalue weighted by molar-refractivity contribution is 7.11. The maximum atomic E-state index is 12.9. The second-order valence-corrected chi connectivity index (χ2v) is 7.34. The van der Waals surface area contributed by atoms with E-state index in [2.05, 4.69) is 9.88 Å². The number of aliphatic hydroxyl groups is 1. The first-order chi connectivity index (χ1) is 12.8. The van der Waals surface area contributed by atoms with Crippen LogP contribution < -0.4 is 9.64 Å². The zero-order chi connectivity index (χ0) is 19.4. The molecule has 0 spiro atoms. The zero-order valence-corrected chi connectivity index (χ0v) is 15.8. The molecular formula is C18H22F3N3O2S. The average Bonchev–Trinajstić information content (AvgIpc) is 3.05. The molecule has 0 aliphatic carbocycles. The number of aromatic nitrogens is 1. The van der Waals surface area contributed by atoms with Gasteiger partial charge in [0.25, 0.3) is 0 Å². The molecule has 1 aromatic heterocycles. The van der Waals surface area contributed by atoms with Crippen LogP contribution in [-0.2, 0) is 6.18 Å². The van der Waals surface area contributed by atoms with Gasteiger partial charge in [0.2, 0.25) is 0 Å².